The minimum absolute atomic E-state index is 0.129. The fourth-order valence-corrected chi connectivity index (χ4v) is 2.72. The Morgan fingerprint density at radius 1 is 1.42 bits per heavy atom. The van der Waals surface area contributed by atoms with E-state index in [0.717, 1.165) is 6.54 Å². The van der Waals surface area contributed by atoms with Crippen LogP contribution < -0.4 is 10.0 Å². The number of sulfonamides is 1. The molecule has 110 valence electrons. The Labute approximate surface area is 114 Å². The SMILES string of the molecule is CCNCc1cn[nH]c1S(=O)(=O)NCCCOCC. The van der Waals surface area contributed by atoms with Gasteiger partial charge in [0.15, 0.2) is 5.03 Å². The van der Waals surface area contributed by atoms with Crippen molar-refractivity contribution in [3.8, 4) is 0 Å². The second-order valence-corrected chi connectivity index (χ2v) is 5.66. The first-order valence-corrected chi connectivity index (χ1v) is 7.90. The summed E-state index contributed by atoms with van der Waals surface area (Å²) in [5.41, 5.74) is 0.638. The first-order chi connectivity index (χ1) is 9.11. The highest BCUT2D eigenvalue weighted by Gasteiger charge is 2.19. The smallest absolute Gasteiger partial charge is 0.257 e. The second-order valence-electron chi connectivity index (χ2n) is 3.95. The van der Waals surface area contributed by atoms with E-state index in [-0.39, 0.29) is 5.03 Å². The van der Waals surface area contributed by atoms with Crippen LogP contribution in [-0.2, 0) is 21.3 Å². The zero-order valence-electron chi connectivity index (χ0n) is 11.4. The molecule has 0 radical (unpaired) electrons. The lowest BCUT2D eigenvalue weighted by atomic mass is 10.3. The van der Waals surface area contributed by atoms with E-state index >= 15 is 0 Å². The van der Waals surface area contributed by atoms with Crippen molar-refractivity contribution in [1.82, 2.24) is 20.2 Å². The van der Waals surface area contributed by atoms with E-state index in [1.54, 1.807) is 0 Å². The molecule has 0 aliphatic rings. The van der Waals surface area contributed by atoms with Crippen LogP contribution in [0.15, 0.2) is 11.2 Å². The number of aromatic nitrogens is 2. The highest BCUT2D eigenvalue weighted by atomic mass is 32.2. The Hall–Kier alpha value is -0.960. The fourth-order valence-electron chi connectivity index (χ4n) is 1.51. The number of nitrogens with zero attached hydrogens (tertiary/aromatic N) is 1. The average molecular weight is 290 g/mol. The van der Waals surface area contributed by atoms with Crippen molar-refractivity contribution in [2.45, 2.75) is 31.8 Å². The monoisotopic (exact) mass is 290 g/mol. The van der Waals surface area contributed by atoms with E-state index in [2.05, 4.69) is 20.2 Å². The van der Waals surface area contributed by atoms with Crippen LogP contribution in [0.2, 0.25) is 0 Å². The quantitative estimate of drug-likeness (QED) is 0.536. The molecule has 0 saturated carbocycles. The summed E-state index contributed by atoms with van der Waals surface area (Å²) in [4.78, 5) is 0. The summed E-state index contributed by atoms with van der Waals surface area (Å²) in [5.74, 6) is 0. The maximum Gasteiger partial charge on any atom is 0.257 e. The zero-order valence-corrected chi connectivity index (χ0v) is 12.2. The molecule has 0 spiro atoms. The number of aromatic amines is 1. The molecule has 7 nitrogen and oxygen atoms in total. The molecule has 0 fully saturated rings. The van der Waals surface area contributed by atoms with Crippen molar-refractivity contribution in [2.75, 3.05) is 26.3 Å². The zero-order chi connectivity index (χ0) is 14.1. The van der Waals surface area contributed by atoms with Gasteiger partial charge in [0, 0.05) is 31.9 Å². The molecule has 0 aromatic carbocycles. The minimum Gasteiger partial charge on any atom is -0.382 e. The summed E-state index contributed by atoms with van der Waals surface area (Å²) in [5, 5.41) is 9.53. The van der Waals surface area contributed by atoms with E-state index in [1.165, 1.54) is 6.20 Å². The van der Waals surface area contributed by atoms with Crippen molar-refractivity contribution in [1.29, 1.82) is 0 Å². The Kier molecular flexibility index (Phi) is 7.00. The van der Waals surface area contributed by atoms with Crippen LogP contribution in [0.3, 0.4) is 0 Å². The van der Waals surface area contributed by atoms with Crippen molar-refractivity contribution >= 4 is 10.0 Å². The molecule has 1 rings (SSSR count). The molecule has 0 aliphatic heterocycles. The van der Waals surface area contributed by atoms with Gasteiger partial charge in [0.1, 0.15) is 0 Å². The van der Waals surface area contributed by atoms with Crippen molar-refractivity contribution in [3.63, 3.8) is 0 Å². The third kappa shape index (κ3) is 5.27. The van der Waals surface area contributed by atoms with Gasteiger partial charge in [0.25, 0.3) is 10.0 Å². The lowest BCUT2D eigenvalue weighted by Crippen LogP contribution is -2.27. The maximum atomic E-state index is 12.1. The molecule has 0 atom stereocenters. The molecule has 3 N–H and O–H groups in total. The van der Waals surface area contributed by atoms with Crippen LogP contribution >= 0.6 is 0 Å². The van der Waals surface area contributed by atoms with Crippen LogP contribution in [0.1, 0.15) is 25.8 Å². The predicted molar refractivity (Wildman–Crippen MR) is 72.3 cm³/mol. The molecule has 1 aromatic heterocycles. The van der Waals surface area contributed by atoms with E-state index in [9.17, 15) is 8.42 Å². The van der Waals surface area contributed by atoms with Gasteiger partial charge in [-0.3, -0.25) is 5.10 Å². The minimum atomic E-state index is -3.53. The summed E-state index contributed by atoms with van der Waals surface area (Å²) in [7, 11) is -3.53. The van der Waals surface area contributed by atoms with Crippen molar-refractivity contribution < 1.29 is 13.2 Å². The van der Waals surface area contributed by atoms with Gasteiger partial charge < -0.3 is 10.1 Å². The van der Waals surface area contributed by atoms with Crippen molar-refractivity contribution in [2.24, 2.45) is 0 Å². The largest absolute Gasteiger partial charge is 0.382 e. The van der Waals surface area contributed by atoms with Crippen molar-refractivity contribution in [3.05, 3.63) is 11.8 Å². The molecule has 0 bridgehead atoms. The molecule has 0 amide bonds. The standard InChI is InChI=1S/C11H22N4O3S/c1-3-12-8-10-9-13-15-11(10)19(16,17)14-6-5-7-18-4-2/h9,12,14H,3-8H2,1-2H3,(H,13,15). The van der Waals surface area contributed by atoms with Crippen LogP contribution in [0.5, 0.6) is 0 Å². The van der Waals surface area contributed by atoms with Crippen LogP contribution in [0, 0.1) is 0 Å². The summed E-state index contributed by atoms with van der Waals surface area (Å²) >= 11 is 0. The molecule has 1 heterocycles. The normalized spacial score (nSPS) is 11.9. The van der Waals surface area contributed by atoms with Crippen LogP contribution in [0.4, 0.5) is 0 Å². The van der Waals surface area contributed by atoms with Crippen LogP contribution in [-0.4, -0.2) is 44.9 Å². The molecular weight excluding hydrogens is 268 g/mol. The first kappa shape index (κ1) is 16.1. The van der Waals surface area contributed by atoms with Gasteiger partial charge >= 0.3 is 0 Å². The van der Waals surface area contributed by atoms with E-state index < -0.39 is 10.0 Å². The molecule has 0 unspecified atom stereocenters. The lowest BCUT2D eigenvalue weighted by Gasteiger charge is -2.07. The van der Waals surface area contributed by atoms with Crippen LogP contribution in [0.25, 0.3) is 0 Å². The molecule has 0 saturated heterocycles. The molecular formula is C11H22N4O3S. The van der Waals surface area contributed by atoms with E-state index in [1.807, 2.05) is 13.8 Å². The van der Waals surface area contributed by atoms with Gasteiger partial charge in [0.2, 0.25) is 0 Å². The van der Waals surface area contributed by atoms with Gasteiger partial charge in [-0.1, -0.05) is 6.92 Å². The Balaban J connectivity index is 2.54. The van der Waals surface area contributed by atoms with Gasteiger partial charge in [0.05, 0.1) is 6.20 Å². The third-order valence-electron chi connectivity index (χ3n) is 2.47. The summed E-state index contributed by atoms with van der Waals surface area (Å²) in [6.45, 7) is 6.64. The topological polar surface area (TPSA) is 96.1 Å². The second kappa shape index (κ2) is 8.26. The van der Waals surface area contributed by atoms with E-state index in [0.29, 0.717) is 38.3 Å². The fraction of sp³-hybridized carbons (Fsp3) is 0.727. The number of H-pyrrole nitrogens is 1. The Morgan fingerprint density at radius 3 is 2.89 bits per heavy atom. The molecule has 19 heavy (non-hydrogen) atoms. The predicted octanol–water partition coefficient (Wildman–Crippen LogP) is 0.224. The number of nitrogens with one attached hydrogen (secondary N) is 3. The number of hydrogen-bond acceptors (Lipinski definition) is 5. The third-order valence-corrected chi connectivity index (χ3v) is 3.95. The lowest BCUT2D eigenvalue weighted by molar-refractivity contribution is 0.146. The summed E-state index contributed by atoms with van der Waals surface area (Å²) < 4.78 is 31.8. The molecule has 0 aliphatic carbocycles. The Morgan fingerprint density at radius 2 is 2.21 bits per heavy atom. The molecule has 1 aromatic rings. The highest BCUT2D eigenvalue weighted by Crippen LogP contribution is 2.11. The Bertz CT molecular complexity index is 458. The number of ether oxygens (including phenoxy) is 1. The summed E-state index contributed by atoms with van der Waals surface area (Å²) in [6, 6.07) is 0. The van der Waals surface area contributed by atoms with Gasteiger partial charge in [-0.25, -0.2) is 13.1 Å². The number of hydrogen-bond donors (Lipinski definition) is 3. The molecule has 8 heteroatoms. The maximum absolute atomic E-state index is 12.1. The summed E-state index contributed by atoms with van der Waals surface area (Å²) in [6.07, 6.45) is 2.17. The highest BCUT2D eigenvalue weighted by molar-refractivity contribution is 7.89. The van der Waals surface area contributed by atoms with Gasteiger partial charge in [-0.15, -0.1) is 0 Å². The average Bonchev–Trinajstić information content (AvgIpc) is 2.85. The van der Waals surface area contributed by atoms with Gasteiger partial charge in [-0.2, -0.15) is 5.10 Å². The number of rotatable bonds is 10. The first-order valence-electron chi connectivity index (χ1n) is 6.42. The van der Waals surface area contributed by atoms with Gasteiger partial charge in [-0.05, 0) is 19.9 Å². The van der Waals surface area contributed by atoms with E-state index in [4.69, 9.17) is 4.74 Å².